The van der Waals surface area contributed by atoms with Gasteiger partial charge in [-0.15, -0.1) is 5.10 Å². The van der Waals surface area contributed by atoms with Crippen LogP contribution in [-0.2, 0) is 18.4 Å². The number of nitrogens with two attached hydrogens (primary N) is 1. The molecule has 2 rings (SSSR count). The van der Waals surface area contributed by atoms with Crippen LogP contribution in [0.4, 0.5) is 11.8 Å². The van der Waals surface area contributed by atoms with Gasteiger partial charge in [-0.2, -0.15) is 5.10 Å². The van der Waals surface area contributed by atoms with Crippen LogP contribution in [0.2, 0.25) is 0 Å². The maximum atomic E-state index is 11.5. The van der Waals surface area contributed by atoms with Crippen molar-refractivity contribution >= 4 is 17.7 Å². The van der Waals surface area contributed by atoms with E-state index in [0.717, 1.165) is 0 Å². The predicted molar refractivity (Wildman–Crippen MR) is 56.3 cm³/mol. The van der Waals surface area contributed by atoms with Crippen molar-refractivity contribution in [3.8, 4) is 0 Å². The number of aryl methyl sites for hydroxylation is 1. The minimum absolute atomic E-state index is 0.0563. The van der Waals surface area contributed by atoms with Crippen LogP contribution in [0.5, 0.6) is 0 Å². The van der Waals surface area contributed by atoms with Gasteiger partial charge in [0.15, 0.2) is 5.82 Å². The fourth-order valence-electron chi connectivity index (χ4n) is 1.20. The largest absolute Gasteiger partial charge is 0.367 e. The highest BCUT2D eigenvalue weighted by atomic mass is 16.2. The van der Waals surface area contributed by atoms with E-state index in [2.05, 4.69) is 20.5 Å². The summed E-state index contributed by atoms with van der Waals surface area (Å²) >= 11 is 0. The van der Waals surface area contributed by atoms with Crippen LogP contribution in [0.1, 0.15) is 0 Å². The van der Waals surface area contributed by atoms with Crippen LogP contribution in [-0.4, -0.2) is 30.5 Å². The molecule has 3 N–H and O–H groups in total. The molecule has 0 aromatic carbocycles. The first kappa shape index (κ1) is 10.1. The molecular weight excluding hydrogens is 210 g/mol. The number of aromatic nitrogens is 5. The van der Waals surface area contributed by atoms with E-state index in [4.69, 9.17) is 5.73 Å². The van der Waals surface area contributed by atoms with Gasteiger partial charge in [0.2, 0.25) is 11.9 Å². The van der Waals surface area contributed by atoms with E-state index in [1.54, 1.807) is 24.0 Å². The van der Waals surface area contributed by atoms with Crippen LogP contribution in [0.3, 0.4) is 0 Å². The Morgan fingerprint density at radius 3 is 2.94 bits per heavy atom. The first-order valence-electron chi connectivity index (χ1n) is 4.58. The molecule has 0 aliphatic carbocycles. The minimum Gasteiger partial charge on any atom is -0.367 e. The number of amides is 1. The monoisotopic (exact) mass is 221 g/mol. The zero-order chi connectivity index (χ0) is 11.5. The Labute approximate surface area is 91.1 Å². The molecule has 2 heterocycles. The van der Waals surface area contributed by atoms with E-state index in [-0.39, 0.29) is 18.4 Å². The lowest BCUT2D eigenvalue weighted by atomic mass is 10.5. The lowest BCUT2D eigenvalue weighted by Gasteiger charge is -2.00. The van der Waals surface area contributed by atoms with E-state index in [1.165, 1.54) is 11.0 Å². The molecule has 0 radical (unpaired) electrons. The fourth-order valence-corrected chi connectivity index (χ4v) is 1.20. The summed E-state index contributed by atoms with van der Waals surface area (Å²) in [6.07, 6.45) is 3.14. The van der Waals surface area contributed by atoms with Crippen LogP contribution in [0, 0.1) is 0 Å². The average molecular weight is 221 g/mol. The number of nitrogen functional groups attached to an aromatic ring is 1. The molecule has 16 heavy (non-hydrogen) atoms. The number of hydrogen-bond donors (Lipinski definition) is 2. The Bertz CT molecular complexity index is 456. The Balaban J connectivity index is 1.94. The van der Waals surface area contributed by atoms with Crippen LogP contribution < -0.4 is 11.1 Å². The number of carbonyl (C=O) groups is 1. The van der Waals surface area contributed by atoms with E-state index in [0.29, 0.717) is 5.82 Å². The van der Waals surface area contributed by atoms with Gasteiger partial charge < -0.3 is 11.1 Å². The topological polar surface area (TPSA) is 104 Å². The third-order valence-corrected chi connectivity index (χ3v) is 1.84. The van der Waals surface area contributed by atoms with E-state index < -0.39 is 0 Å². The predicted octanol–water partition coefficient (Wildman–Crippen LogP) is -0.767. The summed E-state index contributed by atoms with van der Waals surface area (Å²) in [5, 5.41) is 10.4. The second kappa shape index (κ2) is 4.01. The molecule has 0 aliphatic rings. The van der Waals surface area contributed by atoms with Gasteiger partial charge in [-0.05, 0) is 0 Å². The molecular formula is C8H11N7O. The normalized spacial score (nSPS) is 10.3. The Morgan fingerprint density at radius 1 is 1.56 bits per heavy atom. The molecule has 0 saturated heterocycles. The smallest absolute Gasteiger partial charge is 0.247 e. The Hall–Kier alpha value is -2.38. The molecule has 0 aliphatic heterocycles. The average Bonchev–Trinajstić information content (AvgIpc) is 2.76. The fraction of sp³-hybridized carbons (Fsp3) is 0.250. The standard InChI is InChI=1S/C8H11N7O/c1-14-3-2-6(12-14)11-7(16)4-15-5-10-8(9)13-15/h2-3,5H,4H2,1H3,(H2,9,13)(H,11,12,16). The zero-order valence-electron chi connectivity index (χ0n) is 8.66. The molecule has 0 fully saturated rings. The quantitative estimate of drug-likeness (QED) is 0.708. The van der Waals surface area contributed by atoms with Crippen molar-refractivity contribution in [2.45, 2.75) is 6.54 Å². The maximum Gasteiger partial charge on any atom is 0.247 e. The molecule has 0 saturated carbocycles. The van der Waals surface area contributed by atoms with Crippen LogP contribution in [0.25, 0.3) is 0 Å². The molecule has 0 spiro atoms. The molecule has 1 amide bonds. The maximum absolute atomic E-state index is 11.5. The van der Waals surface area contributed by atoms with Crippen molar-refractivity contribution in [3.63, 3.8) is 0 Å². The highest BCUT2D eigenvalue weighted by molar-refractivity contribution is 5.89. The second-order valence-corrected chi connectivity index (χ2v) is 3.22. The van der Waals surface area contributed by atoms with E-state index >= 15 is 0 Å². The summed E-state index contributed by atoms with van der Waals surface area (Å²) in [6, 6.07) is 1.70. The molecule has 2 aromatic rings. The lowest BCUT2D eigenvalue weighted by molar-refractivity contribution is -0.116. The number of carbonyl (C=O) groups excluding carboxylic acids is 1. The van der Waals surface area contributed by atoms with Crippen molar-refractivity contribution in [2.75, 3.05) is 11.1 Å². The van der Waals surface area contributed by atoms with Gasteiger partial charge in [0, 0.05) is 19.3 Å². The van der Waals surface area contributed by atoms with Crippen LogP contribution in [0.15, 0.2) is 18.6 Å². The van der Waals surface area contributed by atoms with Crippen molar-refractivity contribution in [3.05, 3.63) is 18.6 Å². The van der Waals surface area contributed by atoms with Crippen molar-refractivity contribution < 1.29 is 4.79 Å². The summed E-state index contributed by atoms with van der Waals surface area (Å²) in [5.41, 5.74) is 5.32. The first-order chi connectivity index (χ1) is 7.63. The van der Waals surface area contributed by atoms with Gasteiger partial charge in [-0.3, -0.25) is 9.48 Å². The van der Waals surface area contributed by atoms with Crippen LogP contribution >= 0.6 is 0 Å². The summed E-state index contributed by atoms with van der Waals surface area (Å²) in [4.78, 5) is 15.2. The van der Waals surface area contributed by atoms with Gasteiger partial charge >= 0.3 is 0 Å². The Morgan fingerprint density at radius 2 is 2.38 bits per heavy atom. The summed E-state index contributed by atoms with van der Waals surface area (Å²) in [5.74, 6) is 0.412. The number of anilines is 2. The van der Waals surface area contributed by atoms with Gasteiger partial charge in [0.05, 0.1) is 0 Å². The molecule has 0 atom stereocenters. The molecule has 0 bridgehead atoms. The van der Waals surface area contributed by atoms with Gasteiger partial charge in [0.1, 0.15) is 12.9 Å². The SMILES string of the molecule is Cn1ccc(NC(=O)Cn2cnc(N)n2)n1. The second-order valence-electron chi connectivity index (χ2n) is 3.22. The van der Waals surface area contributed by atoms with Gasteiger partial charge in [-0.25, -0.2) is 9.67 Å². The highest BCUT2D eigenvalue weighted by Crippen LogP contribution is 2.01. The van der Waals surface area contributed by atoms with E-state index in [9.17, 15) is 4.79 Å². The molecule has 84 valence electrons. The number of nitrogens with zero attached hydrogens (tertiary/aromatic N) is 5. The van der Waals surface area contributed by atoms with Crippen molar-refractivity contribution in [1.82, 2.24) is 24.5 Å². The number of nitrogens with one attached hydrogen (secondary N) is 1. The van der Waals surface area contributed by atoms with Gasteiger partial charge in [-0.1, -0.05) is 0 Å². The summed E-state index contributed by atoms with van der Waals surface area (Å²) in [6.45, 7) is 0.0563. The molecule has 8 nitrogen and oxygen atoms in total. The van der Waals surface area contributed by atoms with Crippen molar-refractivity contribution in [2.24, 2.45) is 7.05 Å². The summed E-state index contributed by atoms with van der Waals surface area (Å²) in [7, 11) is 1.77. The number of rotatable bonds is 3. The third-order valence-electron chi connectivity index (χ3n) is 1.84. The third kappa shape index (κ3) is 2.35. The molecule has 2 aromatic heterocycles. The Kier molecular flexibility index (Phi) is 2.54. The lowest BCUT2D eigenvalue weighted by Crippen LogP contribution is -2.19. The van der Waals surface area contributed by atoms with Crippen molar-refractivity contribution in [1.29, 1.82) is 0 Å². The molecule has 8 heteroatoms. The number of hydrogen-bond acceptors (Lipinski definition) is 5. The summed E-state index contributed by atoms with van der Waals surface area (Å²) < 4.78 is 2.96. The first-order valence-corrected chi connectivity index (χ1v) is 4.58. The highest BCUT2D eigenvalue weighted by Gasteiger charge is 2.06. The van der Waals surface area contributed by atoms with Gasteiger partial charge in [0.25, 0.3) is 0 Å². The minimum atomic E-state index is -0.233. The zero-order valence-corrected chi connectivity index (χ0v) is 8.66. The van der Waals surface area contributed by atoms with E-state index in [1.807, 2.05) is 0 Å². The molecule has 0 unspecified atom stereocenters.